The van der Waals surface area contributed by atoms with Crippen LogP contribution in [0.1, 0.15) is 11.1 Å². The number of aromatic nitrogens is 1. The summed E-state index contributed by atoms with van der Waals surface area (Å²) in [7, 11) is 0. The molecule has 0 radical (unpaired) electrons. The number of pyridine rings is 1. The zero-order valence-electron chi connectivity index (χ0n) is 9.16. The van der Waals surface area contributed by atoms with Crippen molar-refractivity contribution in [2.75, 3.05) is 5.32 Å². The lowest BCUT2D eigenvalue weighted by atomic mass is 10.1. The highest BCUT2D eigenvalue weighted by molar-refractivity contribution is 9.10. The molecule has 0 aliphatic rings. The van der Waals surface area contributed by atoms with Crippen LogP contribution in [0.25, 0.3) is 0 Å². The van der Waals surface area contributed by atoms with Gasteiger partial charge in [-0.1, -0.05) is 24.3 Å². The topological polar surface area (TPSA) is 24.9 Å². The monoisotopic (exact) mass is 310 g/mol. The van der Waals surface area contributed by atoms with Crippen molar-refractivity contribution in [3.63, 3.8) is 0 Å². The molecular formula is C13H12BrClN2. The summed E-state index contributed by atoms with van der Waals surface area (Å²) in [4.78, 5) is 4.02. The first-order valence-corrected chi connectivity index (χ1v) is 6.59. The molecule has 1 heterocycles. The highest BCUT2D eigenvalue weighted by Crippen LogP contribution is 2.20. The van der Waals surface area contributed by atoms with Gasteiger partial charge in [-0.25, -0.2) is 0 Å². The lowest BCUT2D eigenvalue weighted by Crippen LogP contribution is -2.00. The van der Waals surface area contributed by atoms with Gasteiger partial charge in [0.15, 0.2) is 0 Å². The van der Waals surface area contributed by atoms with Gasteiger partial charge in [-0.15, -0.1) is 11.6 Å². The third kappa shape index (κ3) is 3.45. The second kappa shape index (κ2) is 6.03. The van der Waals surface area contributed by atoms with E-state index >= 15 is 0 Å². The predicted molar refractivity (Wildman–Crippen MR) is 75.3 cm³/mol. The molecule has 4 heteroatoms. The summed E-state index contributed by atoms with van der Waals surface area (Å²) < 4.78 is 0.970. The molecule has 0 unspecified atom stereocenters. The van der Waals surface area contributed by atoms with Crippen LogP contribution in [0.15, 0.2) is 47.2 Å². The Bertz CT molecular complexity index is 485. The normalized spacial score (nSPS) is 10.2. The molecule has 17 heavy (non-hydrogen) atoms. The maximum atomic E-state index is 5.74. The van der Waals surface area contributed by atoms with Crippen molar-refractivity contribution < 1.29 is 0 Å². The van der Waals surface area contributed by atoms with Crippen molar-refractivity contribution in [1.29, 1.82) is 0 Å². The standard InChI is InChI=1S/C13H12BrClN2/c14-12-9-16-6-5-13(12)17-8-11-3-1-10(7-15)2-4-11/h1-6,9H,7-8H2,(H,16,17). The molecule has 2 rings (SSSR count). The molecule has 0 bridgehead atoms. The highest BCUT2D eigenvalue weighted by Gasteiger charge is 1.98. The van der Waals surface area contributed by atoms with E-state index in [1.54, 1.807) is 12.4 Å². The van der Waals surface area contributed by atoms with E-state index in [9.17, 15) is 0 Å². The smallest absolute Gasteiger partial charge is 0.0590 e. The van der Waals surface area contributed by atoms with E-state index in [0.717, 1.165) is 22.3 Å². The molecule has 0 aliphatic heterocycles. The predicted octanol–water partition coefficient (Wildman–Crippen LogP) is 4.20. The Kier molecular flexibility index (Phi) is 4.40. The number of anilines is 1. The van der Waals surface area contributed by atoms with Crippen LogP contribution < -0.4 is 5.32 Å². The van der Waals surface area contributed by atoms with E-state index in [-0.39, 0.29) is 0 Å². The fourth-order valence-electron chi connectivity index (χ4n) is 1.46. The maximum Gasteiger partial charge on any atom is 0.0590 e. The second-order valence-electron chi connectivity index (χ2n) is 3.66. The van der Waals surface area contributed by atoms with Crippen molar-refractivity contribution in [3.05, 3.63) is 58.3 Å². The van der Waals surface area contributed by atoms with Gasteiger partial charge in [0.2, 0.25) is 0 Å². The van der Waals surface area contributed by atoms with Crippen LogP contribution in [-0.2, 0) is 12.4 Å². The quantitative estimate of drug-likeness (QED) is 0.856. The lowest BCUT2D eigenvalue weighted by molar-refractivity contribution is 1.13. The van der Waals surface area contributed by atoms with E-state index in [1.165, 1.54) is 5.56 Å². The Morgan fingerprint density at radius 1 is 1.12 bits per heavy atom. The minimum Gasteiger partial charge on any atom is -0.380 e. The summed E-state index contributed by atoms with van der Waals surface area (Å²) in [6.45, 7) is 0.783. The lowest BCUT2D eigenvalue weighted by Gasteiger charge is -2.08. The Morgan fingerprint density at radius 3 is 2.47 bits per heavy atom. The van der Waals surface area contributed by atoms with E-state index in [4.69, 9.17) is 11.6 Å². The van der Waals surface area contributed by atoms with Gasteiger partial charge in [0.05, 0.1) is 10.2 Å². The Morgan fingerprint density at radius 2 is 1.82 bits per heavy atom. The zero-order valence-corrected chi connectivity index (χ0v) is 11.5. The van der Waals surface area contributed by atoms with E-state index < -0.39 is 0 Å². The molecule has 2 aromatic rings. The summed E-state index contributed by atoms with van der Waals surface area (Å²) in [5.41, 5.74) is 3.41. The summed E-state index contributed by atoms with van der Waals surface area (Å²) >= 11 is 9.19. The number of rotatable bonds is 4. The van der Waals surface area contributed by atoms with Crippen LogP contribution in [-0.4, -0.2) is 4.98 Å². The van der Waals surface area contributed by atoms with Crippen LogP contribution in [0.4, 0.5) is 5.69 Å². The fourth-order valence-corrected chi connectivity index (χ4v) is 2.03. The first-order valence-electron chi connectivity index (χ1n) is 5.27. The number of halogens is 2. The molecular weight excluding hydrogens is 300 g/mol. The van der Waals surface area contributed by atoms with Gasteiger partial charge in [0.25, 0.3) is 0 Å². The number of nitrogens with one attached hydrogen (secondary N) is 1. The molecule has 0 amide bonds. The minimum absolute atomic E-state index is 0.559. The molecule has 0 saturated carbocycles. The number of nitrogens with zero attached hydrogens (tertiary/aromatic N) is 1. The summed E-state index contributed by atoms with van der Waals surface area (Å²) in [6, 6.07) is 10.2. The molecule has 0 spiro atoms. The van der Waals surface area contributed by atoms with Gasteiger partial charge < -0.3 is 5.32 Å². The van der Waals surface area contributed by atoms with E-state index in [0.29, 0.717) is 5.88 Å². The molecule has 88 valence electrons. The second-order valence-corrected chi connectivity index (χ2v) is 4.78. The van der Waals surface area contributed by atoms with Crippen molar-refractivity contribution in [2.45, 2.75) is 12.4 Å². The van der Waals surface area contributed by atoms with E-state index in [1.807, 2.05) is 18.2 Å². The third-order valence-corrected chi connectivity index (χ3v) is 3.37. The Labute approximate surface area is 114 Å². The molecule has 1 N–H and O–H groups in total. The number of hydrogen-bond acceptors (Lipinski definition) is 2. The van der Waals surface area contributed by atoms with Gasteiger partial charge in [0, 0.05) is 24.8 Å². The van der Waals surface area contributed by atoms with Crippen LogP contribution in [0.5, 0.6) is 0 Å². The average Bonchev–Trinajstić information content (AvgIpc) is 2.38. The van der Waals surface area contributed by atoms with Gasteiger partial charge in [-0.3, -0.25) is 4.98 Å². The number of alkyl halides is 1. The van der Waals surface area contributed by atoms with Crippen LogP contribution in [0.2, 0.25) is 0 Å². The summed E-state index contributed by atoms with van der Waals surface area (Å²) in [6.07, 6.45) is 3.54. The SMILES string of the molecule is ClCc1ccc(CNc2ccncc2Br)cc1. The largest absolute Gasteiger partial charge is 0.380 e. The molecule has 0 saturated heterocycles. The number of benzene rings is 1. The average molecular weight is 312 g/mol. The Hall–Kier alpha value is -1.06. The van der Waals surface area contributed by atoms with Gasteiger partial charge in [-0.2, -0.15) is 0 Å². The fraction of sp³-hybridized carbons (Fsp3) is 0.154. The summed E-state index contributed by atoms with van der Waals surface area (Å²) in [5, 5.41) is 3.35. The van der Waals surface area contributed by atoms with Crippen molar-refractivity contribution in [2.24, 2.45) is 0 Å². The summed E-state index contributed by atoms with van der Waals surface area (Å²) in [5.74, 6) is 0.559. The van der Waals surface area contributed by atoms with Gasteiger partial charge in [-0.05, 0) is 33.1 Å². The van der Waals surface area contributed by atoms with Crippen molar-refractivity contribution in [1.82, 2.24) is 4.98 Å². The van der Waals surface area contributed by atoms with Crippen LogP contribution >= 0.6 is 27.5 Å². The van der Waals surface area contributed by atoms with Gasteiger partial charge >= 0.3 is 0 Å². The maximum absolute atomic E-state index is 5.74. The first-order chi connectivity index (χ1) is 8.29. The third-order valence-electron chi connectivity index (χ3n) is 2.43. The van der Waals surface area contributed by atoms with Crippen molar-refractivity contribution >= 4 is 33.2 Å². The van der Waals surface area contributed by atoms with Crippen LogP contribution in [0, 0.1) is 0 Å². The molecule has 0 aliphatic carbocycles. The Balaban J connectivity index is 2.00. The highest BCUT2D eigenvalue weighted by atomic mass is 79.9. The molecule has 1 aromatic heterocycles. The van der Waals surface area contributed by atoms with Gasteiger partial charge in [0.1, 0.15) is 0 Å². The van der Waals surface area contributed by atoms with E-state index in [2.05, 4.69) is 38.4 Å². The minimum atomic E-state index is 0.559. The van der Waals surface area contributed by atoms with Crippen LogP contribution in [0.3, 0.4) is 0 Å². The number of hydrogen-bond donors (Lipinski definition) is 1. The first kappa shape index (κ1) is 12.4. The molecule has 1 aromatic carbocycles. The van der Waals surface area contributed by atoms with Crippen molar-refractivity contribution in [3.8, 4) is 0 Å². The molecule has 0 atom stereocenters. The zero-order chi connectivity index (χ0) is 12.1. The molecule has 0 fully saturated rings. The molecule has 2 nitrogen and oxygen atoms in total.